The third-order valence-electron chi connectivity index (χ3n) is 6.65. The second kappa shape index (κ2) is 12.9. The first-order valence-corrected chi connectivity index (χ1v) is 13.2. The number of carboxylic acid groups (broad SMARTS) is 1. The minimum Gasteiger partial charge on any atom is -0.487 e. The minimum absolute atomic E-state index is 0.00332. The number of aliphatic imine (C=N–C) groups is 1. The number of allylic oxidation sites excluding steroid dienone is 2. The summed E-state index contributed by atoms with van der Waals surface area (Å²) < 4.78 is 52.6. The van der Waals surface area contributed by atoms with Crippen LogP contribution in [-0.4, -0.2) is 45.0 Å². The summed E-state index contributed by atoms with van der Waals surface area (Å²) >= 11 is 0. The van der Waals surface area contributed by atoms with Gasteiger partial charge in [0, 0.05) is 41.6 Å². The van der Waals surface area contributed by atoms with E-state index in [4.69, 9.17) is 14.6 Å². The number of fused-ring (bicyclic) bond motifs is 1. The Labute approximate surface area is 245 Å². The Balaban J connectivity index is 1.70. The lowest BCUT2D eigenvalue weighted by Crippen LogP contribution is -2.29. The molecule has 0 aliphatic carbocycles. The normalized spacial score (nSPS) is 12.4. The zero-order valence-corrected chi connectivity index (χ0v) is 23.9. The summed E-state index contributed by atoms with van der Waals surface area (Å²) in [5.41, 5.74) is 1.64. The maximum absolute atomic E-state index is 13.3. The fourth-order valence-corrected chi connectivity index (χ4v) is 4.62. The highest BCUT2D eigenvalue weighted by atomic mass is 19.4. The van der Waals surface area contributed by atoms with Gasteiger partial charge in [0.05, 0.1) is 12.2 Å². The van der Waals surface area contributed by atoms with Crippen LogP contribution < -0.4 is 10.3 Å². The van der Waals surface area contributed by atoms with E-state index in [1.54, 1.807) is 45.2 Å². The first-order valence-electron chi connectivity index (χ1n) is 13.2. The Morgan fingerprint density at radius 3 is 2.60 bits per heavy atom. The number of pyridine rings is 3. The number of benzene rings is 1. The molecule has 0 aliphatic rings. The van der Waals surface area contributed by atoms with E-state index < -0.39 is 29.9 Å². The third kappa shape index (κ3) is 6.91. The Kier molecular flexibility index (Phi) is 9.27. The average Bonchev–Trinajstić information content (AvgIpc) is 2.95. The lowest BCUT2D eigenvalue weighted by Gasteiger charge is -2.17. The second-order valence-corrected chi connectivity index (χ2v) is 9.57. The highest BCUT2D eigenvalue weighted by Crippen LogP contribution is 2.30. The predicted octanol–water partition coefficient (Wildman–Crippen LogP) is 5.48. The minimum atomic E-state index is -4.77. The Hall–Kier alpha value is -5.00. The van der Waals surface area contributed by atoms with E-state index in [1.165, 1.54) is 18.5 Å². The summed E-state index contributed by atoms with van der Waals surface area (Å²) in [6.45, 7) is 4.63. The number of nitrogens with zero attached hydrogens (tertiary/aromatic N) is 4. The quantitative estimate of drug-likeness (QED) is 0.191. The van der Waals surface area contributed by atoms with Crippen molar-refractivity contribution in [2.24, 2.45) is 4.99 Å². The molecule has 0 spiro atoms. The molecule has 4 rings (SSSR count). The molecule has 0 fully saturated rings. The first kappa shape index (κ1) is 30.9. The lowest BCUT2D eigenvalue weighted by atomic mass is 10.0. The summed E-state index contributed by atoms with van der Waals surface area (Å²) in [5.74, 6) is -0.398. The number of alkyl halides is 3. The van der Waals surface area contributed by atoms with Crippen LogP contribution in [0.5, 0.6) is 5.75 Å². The van der Waals surface area contributed by atoms with Crippen molar-refractivity contribution < 1.29 is 32.5 Å². The van der Waals surface area contributed by atoms with Gasteiger partial charge in [0.15, 0.2) is 6.61 Å². The molecular formula is C31H29F3N4O5. The molecule has 0 amide bonds. The summed E-state index contributed by atoms with van der Waals surface area (Å²) in [4.78, 5) is 37.1. The van der Waals surface area contributed by atoms with Crippen molar-refractivity contribution in [2.45, 2.75) is 40.1 Å². The number of carbonyl (C=O) groups is 1. The maximum Gasteiger partial charge on any atom is 0.421 e. The fourth-order valence-electron chi connectivity index (χ4n) is 4.62. The smallest absolute Gasteiger partial charge is 0.421 e. The number of halogens is 3. The molecule has 224 valence electrons. The average molecular weight is 595 g/mol. The van der Waals surface area contributed by atoms with Gasteiger partial charge in [-0.2, -0.15) is 13.2 Å². The molecule has 0 radical (unpaired) electrons. The summed E-state index contributed by atoms with van der Waals surface area (Å²) in [6, 6.07) is 10.8. The standard InChI is InChI=1S/C31H29F3N4O5/c1-5-25(43-17-27(39)40)28(35-4)21-14-19(3)37-29-20(21)8-6-10-26(29)42-16-22-18(2)11-12-36-24(22)15-38-13-7-9-23(30(38)41)31(32,33)34/h5-14H,15-17H2,1-4H3,(H,39,40)/b25-5+,35-28?. The van der Waals surface area contributed by atoms with Gasteiger partial charge >= 0.3 is 12.1 Å². The molecule has 43 heavy (non-hydrogen) atoms. The molecule has 12 heteroatoms. The van der Waals surface area contributed by atoms with Crippen molar-refractivity contribution in [3.8, 4) is 5.75 Å². The number of hydrogen-bond donors (Lipinski definition) is 1. The van der Waals surface area contributed by atoms with Crippen LogP contribution in [0.4, 0.5) is 13.2 Å². The molecule has 0 unspecified atom stereocenters. The van der Waals surface area contributed by atoms with Crippen LogP contribution in [0.15, 0.2) is 76.5 Å². The van der Waals surface area contributed by atoms with Gasteiger partial charge in [-0.3, -0.25) is 14.8 Å². The molecule has 9 nitrogen and oxygen atoms in total. The Morgan fingerprint density at radius 1 is 1.16 bits per heavy atom. The van der Waals surface area contributed by atoms with Crippen LogP contribution in [-0.2, 0) is 28.9 Å². The van der Waals surface area contributed by atoms with Crippen LogP contribution in [0, 0.1) is 13.8 Å². The zero-order chi connectivity index (χ0) is 31.3. The molecular weight excluding hydrogens is 565 g/mol. The van der Waals surface area contributed by atoms with Crippen molar-refractivity contribution in [1.29, 1.82) is 0 Å². The van der Waals surface area contributed by atoms with E-state index in [9.17, 15) is 22.8 Å². The number of rotatable bonds is 10. The summed E-state index contributed by atoms with van der Waals surface area (Å²) in [5, 5.41) is 9.76. The second-order valence-electron chi connectivity index (χ2n) is 9.57. The number of hydrogen-bond acceptors (Lipinski definition) is 7. The van der Waals surface area contributed by atoms with Gasteiger partial charge in [-0.1, -0.05) is 12.1 Å². The Bertz CT molecular complexity index is 1790. The molecule has 0 aliphatic heterocycles. The van der Waals surface area contributed by atoms with E-state index in [-0.39, 0.29) is 13.2 Å². The SMILES string of the molecule is C/C=C(/OCC(=O)O)C(=NC)c1cc(C)nc2c(OCc3c(C)ccnc3Cn3cccc(C(F)(F)F)c3=O)cccc12. The van der Waals surface area contributed by atoms with Crippen LogP contribution in [0.1, 0.15) is 40.6 Å². The van der Waals surface area contributed by atoms with E-state index in [2.05, 4.69) is 15.0 Å². The number of para-hydroxylation sites is 1. The fraction of sp³-hybridized carbons (Fsp3) is 0.258. The third-order valence-corrected chi connectivity index (χ3v) is 6.65. The van der Waals surface area contributed by atoms with Crippen LogP contribution in [0.25, 0.3) is 10.9 Å². The molecule has 1 aromatic carbocycles. The molecule has 3 heterocycles. The van der Waals surface area contributed by atoms with Crippen molar-refractivity contribution in [3.05, 3.63) is 111 Å². The van der Waals surface area contributed by atoms with Crippen LogP contribution >= 0.6 is 0 Å². The van der Waals surface area contributed by atoms with Gasteiger partial charge in [0.2, 0.25) is 0 Å². The molecule has 1 N–H and O–H groups in total. The molecule has 0 saturated heterocycles. The number of aryl methyl sites for hydroxylation is 2. The summed E-state index contributed by atoms with van der Waals surface area (Å²) in [6.07, 6.45) is -0.325. The molecule has 3 aromatic heterocycles. The van der Waals surface area contributed by atoms with Crippen molar-refractivity contribution in [1.82, 2.24) is 14.5 Å². The van der Waals surface area contributed by atoms with Gasteiger partial charge in [0.25, 0.3) is 5.56 Å². The van der Waals surface area contributed by atoms with Crippen molar-refractivity contribution in [2.75, 3.05) is 13.7 Å². The van der Waals surface area contributed by atoms with E-state index in [0.717, 1.165) is 16.2 Å². The van der Waals surface area contributed by atoms with Gasteiger partial charge in [-0.05, 0) is 62.7 Å². The van der Waals surface area contributed by atoms with Gasteiger partial charge in [-0.25, -0.2) is 9.78 Å². The monoisotopic (exact) mass is 594 g/mol. The van der Waals surface area contributed by atoms with Crippen LogP contribution in [0.3, 0.4) is 0 Å². The number of aliphatic carboxylic acids is 1. The number of carboxylic acids is 1. The zero-order valence-electron chi connectivity index (χ0n) is 23.9. The highest BCUT2D eigenvalue weighted by molar-refractivity contribution is 6.18. The van der Waals surface area contributed by atoms with E-state index >= 15 is 0 Å². The molecule has 0 bridgehead atoms. The van der Waals surface area contributed by atoms with Gasteiger partial charge < -0.3 is 19.1 Å². The first-order chi connectivity index (χ1) is 20.4. The molecule has 4 aromatic rings. The number of aromatic nitrogens is 3. The van der Waals surface area contributed by atoms with Gasteiger partial charge in [-0.15, -0.1) is 0 Å². The summed E-state index contributed by atoms with van der Waals surface area (Å²) in [7, 11) is 1.58. The van der Waals surface area contributed by atoms with Gasteiger partial charge in [0.1, 0.15) is 34.9 Å². The topological polar surface area (TPSA) is 116 Å². The predicted molar refractivity (Wildman–Crippen MR) is 154 cm³/mol. The lowest BCUT2D eigenvalue weighted by molar-refractivity contribution is -0.140. The molecule has 0 saturated carbocycles. The molecule has 0 atom stereocenters. The Morgan fingerprint density at radius 2 is 1.93 bits per heavy atom. The number of ether oxygens (including phenoxy) is 2. The largest absolute Gasteiger partial charge is 0.487 e. The highest BCUT2D eigenvalue weighted by Gasteiger charge is 2.34. The van der Waals surface area contributed by atoms with Crippen molar-refractivity contribution in [3.63, 3.8) is 0 Å². The van der Waals surface area contributed by atoms with Crippen LogP contribution in [0.2, 0.25) is 0 Å². The maximum atomic E-state index is 13.3. The van der Waals surface area contributed by atoms with E-state index in [1.807, 2.05) is 19.1 Å². The van der Waals surface area contributed by atoms with E-state index in [0.29, 0.717) is 50.6 Å². The van der Waals surface area contributed by atoms with Crippen molar-refractivity contribution >= 4 is 22.6 Å².